The fraction of sp³-hybridized carbons (Fsp3) is 0. The highest BCUT2D eigenvalue weighted by Gasteiger charge is 2.21. The van der Waals surface area contributed by atoms with Crippen LogP contribution in [-0.2, 0) is 0 Å². The zero-order valence-corrected chi connectivity index (χ0v) is 13.7. The molecule has 0 bridgehead atoms. The summed E-state index contributed by atoms with van der Waals surface area (Å²) >= 11 is 0. The van der Waals surface area contributed by atoms with Gasteiger partial charge in [-0.2, -0.15) is 0 Å². The molecule has 0 radical (unpaired) electrons. The highest BCUT2D eigenvalue weighted by molar-refractivity contribution is 6.18. The molecule has 0 saturated carbocycles. The van der Waals surface area contributed by atoms with Crippen molar-refractivity contribution in [2.24, 2.45) is 0 Å². The van der Waals surface area contributed by atoms with E-state index < -0.39 is 11.4 Å². The van der Waals surface area contributed by atoms with Gasteiger partial charge in [0.15, 0.2) is 5.58 Å². The summed E-state index contributed by atoms with van der Waals surface area (Å²) in [5, 5.41) is 10.9. The Morgan fingerprint density at radius 1 is 0.846 bits per heavy atom. The van der Waals surface area contributed by atoms with Crippen molar-refractivity contribution >= 4 is 16.8 Å². The normalized spacial score (nSPS) is 10.8. The number of aromatic hydroxyl groups is 1. The number of phenolic OH excluding ortho intramolecular Hbond substituents is 1. The van der Waals surface area contributed by atoms with Crippen molar-refractivity contribution in [3.8, 4) is 16.9 Å². The minimum atomic E-state index is -0.580. The van der Waals surface area contributed by atoms with Crippen molar-refractivity contribution in [2.45, 2.75) is 0 Å². The first-order chi connectivity index (χ1) is 12.6. The van der Waals surface area contributed by atoms with Gasteiger partial charge in [0.05, 0.1) is 0 Å². The lowest BCUT2D eigenvalue weighted by molar-refractivity contribution is 0.103. The van der Waals surface area contributed by atoms with Crippen LogP contribution in [0, 0.1) is 0 Å². The number of fused-ring (bicyclic) bond motifs is 1. The molecule has 1 aromatic heterocycles. The molecule has 0 aliphatic heterocycles. The molecule has 0 amide bonds. The molecule has 4 nitrogen and oxygen atoms in total. The molecule has 0 saturated heterocycles. The topological polar surface area (TPSA) is 67.5 Å². The van der Waals surface area contributed by atoms with Gasteiger partial charge in [-0.25, -0.2) is 4.79 Å². The number of carbonyl (C=O) groups excluding carboxylic acids is 1. The maximum absolute atomic E-state index is 12.9. The highest BCUT2D eigenvalue weighted by Crippen LogP contribution is 2.34. The summed E-state index contributed by atoms with van der Waals surface area (Å²) in [7, 11) is 0. The van der Waals surface area contributed by atoms with E-state index in [1.54, 1.807) is 36.4 Å². The number of hydrogen-bond acceptors (Lipinski definition) is 4. The Morgan fingerprint density at radius 3 is 2.19 bits per heavy atom. The van der Waals surface area contributed by atoms with E-state index in [4.69, 9.17) is 4.42 Å². The van der Waals surface area contributed by atoms with Gasteiger partial charge in [-0.15, -0.1) is 0 Å². The van der Waals surface area contributed by atoms with Gasteiger partial charge in [-0.3, -0.25) is 4.79 Å². The number of benzene rings is 3. The second-order valence-electron chi connectivity index (χ2n) is 5.88. The zero-order chi connectivity index (χ0) is 18.1. The Kier molecular flexibility index (Phi) is 3.86. The highest BCUT2D eigenvalue weighted by atomic mass is 16.4. The molecule has 3 aromatic carbocycles. The second-order valence-corrected chi connectivity index (χ2v) is 5.88. The molecule has 0 aliphatic carbocycles. The van der Waals surface area contributed by atoms with Crippen LogP contribution < -0.4 is 5.63 Å². The zero-order valence-electron chi connectivity index (χ0n) is 13.7. The smallest absolute Gasteiger partial charge is 0.336 e. The molecule has 126 valence electrons. The van der Waals surface area contributed by atoms with Gasteiger partial charge in [-0.1, -0.05) is 60.7 Å². The molecule has 26 heavy (non-hydrogen) atoms. The first kappa shape index (κ1) is 15.8. The molecule has 4 aromatic rings. The molecule has 1 N–H and O–H groups in total. The lowest BCUT2D eigenvalue weighted by Crippen LogP contribution is -2.06. The van der Waals surface area contributed by atoms with Gasteiger partial charge in [0.1, 0.15) is 11.3 Å². The summed E-state index contributed by atoms with van der Waals surface area (Å²) < 4.78 is 5.34. The summed E-state index contributed by atoms with van der Waals surface area (Å²) in [5.41, 5.74) is 1.38. The Hall–Kier alpha value is -3.66. The second kappa shape index (κ2) is 6.33. The third kappa shape index (κ3) is 2.67. The summed E-state index contributed by atoms with van der Waals surface area (Å²) in [5.74, 6) is -0.623. The summed E-state index contributed by atoms with van der Waals surface area (Å²) in [6.45, 7) is 0. The summed E-state index contributed by atoms with van der Waals surface area (Å²) in [4.78, 5) is 25.1. The molecular weight excluding hydrogens is 328 g/mol. The fourth-order valence-electron chi connectivity index (χ4n) is 3.03. The average Bonchev–Trinajstić information content (AvgIpc) is 2.68. The third-order valence-corrected chi connectivity index (χ3v) is 4.24. The number of phenols is 1. The van der Waals surface area contributed by atoms with Crippen LogP contribution in [0.1, 0.15) is 15.9 Å². The van der Waals surface area contributed by atoms with Crippen molar-refractivity contribution in [1.82, 2.24) is 0 Å². The van der Waals surface area contributed by atoms with E-state index in [2.05, 4.69) is 0 Å². The van der Waals surface area contributed by atoms with Crippen LogP contribution in [0.25, 0.3) is 22.1 Å². The van der Waals surface area contributed by atoms with Gasteiger partial charge >= 0.3 is 5.63 Å². The van der Waals surface area contributed by atoms with Crippen molar-refractivity contribution in [1.29, 1.82) is 0 Å². The maximum atomic E-state index is 12.9. The SMILES string of the molecule is O=C(c1ccccc1)c1c(O)ccc2c(-c3ccccc3)cc(=O)oc12. The standard InChI is InChI=1S/C22H14O4/c23-18-12-11-16-17(14-7-3-1-4-8-14)13-19(24)26-22(16)20(18)21(25)15-9-5-2-6-10-15/h1-13,23H. The summed E-state index contributed by atoms with van der Waals surface area (Å²) in [6.07, 6.45) is 0. The quantitative estimate of drug-likeness (QED) is 0.443. The molecule has 0 spiro atoms. The first-order valence-electron chi connectivity index (χ1n) is 8.10. The minimum Gasteiger partial charge on any atom is -0.507 e. The predicted octanol–water partition coefficient (Wildman–Crippen LogP) is 4.40. The Labute approximate surface area is 149 Å². The van der Waals surface area contributed by atoms with E-state index in [1.807, 2.05) is 30.3 Å². The van der Waals surface area contributed by atoms with Gasteiger partial charge in [0.25, 0.3) is 0 Å². The number of ketones is 1. The van der Waals surface area contributed by atoms with Crippen LogP contribution in [-0.4, -0.2) is 10.9 Å². The minimum absolute atomic E-state index is 0.0106. The molecular formula is C22H14O4. The van der Waals surface area contributed by atoms with Crippen LogP contribution in [0.3, 0.4) is 0 Å². The van der Waals surface area contributed by atoms with E-state index in [-0.39, 0.29) is 16.9 Å². The van der Waals surface area contributed by atoms with Crippen LogP contribution >= 0.6 is 0 Å². The van der Waals surface area contributed by atoms with Crippen LogP contribution in [0.2, 0.25) is 0 Å². The molecule has 0 aliphatic rings. The molecule has 4 rings (SSSR count). The van der Waals surface area contributed by atoms with Crippen LogP contribution in [0.4, 0.5) is 0 Å². The molecule has 4 heteroatoms. The van der Waals surface area contributed by atoms with Crippen molar-refractivity contribution in [2.75, 3.05) is 0 Å². The average molecular weight is 342 g/mol. The van der Waals surface area contributed by atoms with Gasteiger partial charge < -0.3 is 9.52 Å². The molecule has 0 fully saturated rings. The largest absolute Gasteiger partial charge is 0.507 e. The lowest BCUT2D eigenvalue weighted by atomic mass is 9.96. The van der Waals surface area contributed by atoms with Gasteiger partial charge in [0.2, 0.25) is 5.78 Å². The van der Waals surface area contributed by atoms with Crippen LogP contribution in [0.15, 0.2) is 88.1 Å². The summed E-state index contributed by atoms with van der Waals surface area (Å²) in [6, 6.07) is 22.4. The Bertz CT molecular complexity index is 1160. The van der Waals surface area contributed by atoms with E-state index in [0.29, 0.717) is 16.5 Å². The third-order valence-electron chi connectivity index (χ3n) is 4.24. The predicted molar refractivity (Wildman–Crippen MR) is 99.5 cm³/mol. The van der Waals surface area contributed by atoms with Gasteiger partial charge in [0, 0.05) is 17.0 Å². The Balaban J connectivity index is 2.03. The van der Waals surface area contributed by atoms with E-state index in [0.717, 1.165) is 5.56 Å². The molecule has 0 atom stereocenters. The number of hydrogen-bond donors (Lipinski definition) is 1. The van der Waals surface area contributed by atoms with Crippen molar-refractivity contribution < 1.29 is 14.3 Å². The van der Waals surface area contributed by atoms with E-state index in [9.17, 15) is 14.7 Å². The van der Waals surface area contributed by atoms with Crippen molar-refractivity contribution in [3.05, 3.63) is 100 Å². The number of carbonyl (C=O) groups is 1. The molecule has 0 unspecified atom stereocenters. The lowest BCUT2D eigenvalue weighted by Gasteiger charge is -2.10. The molecule has 1 heterocycles. The van der Waals surface area contributed by atoms with E-state index in [1.165, 1.54) is 12.1 Å². The van der Waals surface area contributed by atoms with Crippen LogP contribution in [0.5, 0.6) is 5.75 Å². The van der Waals surface area contributed by atoms with E-state index >= 15 is 0 Å². The fourth-order valence-corrected chi connectivity index (χ4v) is 3.03. The first-order valence-corrected chi connectivity index (χ1v) is 8.10. The Morgan fingerprint density at radius 2 is 1.50 bits per heavy atom. The number of rotatable bonds is 3. The monoisotopic (exact) mass is 342 g/mol. The maximum Gasteiger partial charge on any atom is 0.336 e. The van der Waals surface area contributed by atoms with Crippen molar-refractivity contribution in [3.63, 3.8) is 0 Å². The van der Waals surface area contributed by atoms with Gasteiger partial charge in [-0.05, 0) is 23.3 Å².